The monoisotopic (exact) mass is 171 g/mol. The summed E-state index contributed by atoms with van der Waals surface area (Å²) in [5.74, 6) is 0. The molecule has 0 aromatic rings. The maximum atomic E-state index is 6.87. The van der Waals surface area contributed by atoms with Gasteiger partial charge in [0.25, 0.3) is 0 Å². The number of hydrogen-bond acceptors (Lipinski definition) is 1. The van der Waals surface area contributed by atoms with Crippen LogP contribution in [0, 0.1) is 6.57 Å². The van der Waals surface area contributed by atoms with Crippen LogP contribution in [0.2, 0.25) is 19.6 Å². The Balaban J connectivity index is 3.83. The van der Waals surface area contributed by atoms with Crippen LogP contribution in [0.3, 0.4) is 0 Å². The van der Waals surface area contributed by atoms with Gasteiger partial charge in [-0.05, 0) is 19.6 Å². The van der Waals surface area contributed by atoms with Crippen LogP contribution in [0.25, 0.3) is 4.85 Å². The van der Waals surface area contributed by atoms with Crippen molar-refractivity contribution in [1.82, 2.24) is 0 Å². The molecule has 2 nitrogen and oxygen atoms in total. The molecule has 0 aliphatic heterocycles. The van der Waals surface area contributed by atoms with E-state index in [0.717, 1.165) is 0 Å². The van der Waals surface area contributed by atoms with E-state index >= 15 is 0 Å². The minimum atomic E-state index is -1.43. The molecule has 3 heteroatoms. The van der Waals surface area contributed by atoms with Crippen LogP contribution in [0.4, 0.5) is 0 Å². The second-order valence-corrected chi connectivity index (χ2v) is 8.84. The molecular formula is C8H17NOSi. The lowest BCUT2D eigenvalue weighted by molar-refractivity contribution is 0.260. The molecule has 64 valence electrons. The smallest absolute Gasteiger partial charge is 0.248 e. The van der Waals surface area contributed by atoms with Gasteiger partial charge in [-0.1, -0.05) is 0 Å². The van der Waals surface area contributed by atoms with Crippen molar-refractivity contribution in [2.45, 2.75) is 39.0 Å². The third kappa shape index (κ3) is 6.08. The zero-order chi connectivity index (χ0) is 9.12. The minimum Gasteiger partial charge on any atom is -0.409 e. The van der Waals surface area contributed by atoms with Crippen molar-refractivity contribution in [3.05, 3.63) is 11.4 Å². The fourth-order valence-electron chi connectivity index (χ4n) is 0.425. The summed E-state index contributed by atoms with van der Waals surface area (Å²) in [6, 6.07) is 0. The van der Waals surface area contributed by atoms with Crippen molar-refractivity contribution >= 4 is 8.32 Å². The fourth-order valence-corrected chi connectivity index (χ4v) is 1.21. The first-order chi connectivity index (χ1) is 4.77. The fraction of sp³-hybridized carbons (Fsp3) is 0.875. The third-order valence-electron chi connectivity index (χ3n) is 1.16. The zero-order valence-electron chi connectivity index (χ0n) is 8.06. The summed E-state index contributed by atoms with van der Waals surface area (Å²) in [5.41, 5.74) is -0.347. The van der Waals surface area contributed by atoms with Crippen molar-refractivity contribution in [3.63, 3.8) is 0 Å². The molecule has 11 heavy (non-hydrogen) atoms. The molecule has 0 saturated heterocycles. The highest BCUT2D eigenvalue weighted by atomic mass is 28.4. The van der Waals surface area contributed by atoms with E-state index in [9.17, 15) is 0 Å². The van der Waals surface area contributed by atoms with Crippen LogP contribution in [-0.2, 0) is 4.43 Å². The van der Waals surface area contributed by atoms with Crippen molar-refractivity contribution in [2.75, 3.05) is 6.61 Å². The average molecular weight is 171 g/mol. The molecule has 0 heterocycles. The first kappa shape index (κ1) is 10.7. The molecular weight excluding hydrogens is 154 g/mol. The summed E-state index contributed by atoms with van der Waals surface area (Å²) in [6.07, 6.45) is 0. The Bertz CT molecular complexity index is 164. The Labute approximate surface area is 70.5 Å². The van der Waals surface area contributed by atoms with E-state index in [0.29, 0.717) is 6.61 Å². The predicted molar refractivity (Wildman–Crippen MR) is 50.0 cm³/mol. The topological polar surface area (TPSA) is 13.6 Å². The number of nitrogens with zero attached hydrogens (tertiary/aromatic N) is 1. The van der Waals surface area contributed by atoms with Gasteiger partial charge in [-0.15, -0.1) is 0 Å². The van der Waals surface area contributed by atoms with E-state index in [-0.39, 0.29) is 5.54 Å². The molecule has 0 fully saturated rings. The second kappa shape index (κ2) is 3.38. The third-order valence-corrected chi connectivity index (χ3v) is 2.17. The Morgan fingerprint density at radius 1 is 1.36 bits per heavy atom. The predicted octanol–water partition coefficient (Wildman–Crippen LogP) is 2.54. The van der Waals surface area contributed by atoms with Gasteiger partial charge in [0.1, 0.15) is 6.61 Å². The average Bonchev–Trinajstić information content (AvgIpc) is 1.83. The first-order valence-corrected chi connectivity index (χ1v) is 7.20. The van der Waals surface area contributed by atoms with Crippen LogP contribution < -0.4 is 0 Å². The van der Waals surface area contributed by atoms with Gasteiger partial charge in [-0.3, -0.25) is 0 Å². The highest BCUT2D eigenvalue weighted by Gasteiger charge is 2.26. The van der Waals surface area contributed by atoms with Crippen molar-refractivity contribution in [1.29, 1.82) is 0 Å². The Morgan fingerprint density at radius 2 is 1.82 bits per heavy atom. The number of rotatable bonds is 3. The summed E-state index contributed by atoms with van der Waals surface area (Å²) in [5, 5.41) is 0. The molecule has 0 aromatic heterocycles. The Hall–Kier alpha value is -0.333. The van der Waals surface area contributed by atoms with Gasteiger partial charge in [0.15, 0.2) is 8.32 Å². The molecule has 0 aromatic carbocycles. The first-order valence-electron chi connectivity index (χ1n) is 3.79. The minimum absolute atomic E-state index is 0.347. The van der Waals surface area contributed by atoms with Gasteiger partial charge in [0, 0.05) is 13.8 Å². The van der Waals surface area contributed by atoms with Crippen LogP contribution in [-0.4, -0.2) is 20.5 Å². The molecule has 0 aliphatic carbocycles. The molecule has 0 radical (unpaired) electrons. The molecule has 0 rings (SSSR count). The lowest BCUT2D eigenvalue weighted by Crippen LogP contribution is -2.33. The Morgan fingerprint density at radius 3 is 2.09 bits per heavy atom. The standard InChI is InChI=1S/C8H17NOSi/c1-8(2,9-3)7-10-11(4,5)6/h7H2,1-2,4-6H3. The molecule has 0 saturated carbocycles. The molecule has 0 spiro atoms. The molecule has 0 atom stereocenters. The Kier molecular flexibility index (Phi) is 3.27. The van der Waals surface area contributed by atoms with Crippen molar-refractivity contribution < 1.29 is 4.43 Å². The van der Waals surface area contributed by atoms with Crippen LogP contribution in [0.5, 0.6) is 0 Å². The van der Waals surface area contributed by atoms with Gasteiger partial charge in [0.05, 0.1) is 0 Å². The van der Waals surface area contributed by atoms with E-state index in [1.54, 1.807) is 0 Å². The van der Waals surface area contributed by atoms with Gasteiger partial charge >= 0.3 is 0 Å². The normalized spacial score (nSPS) is 12.7. The van der Waals surface area contributed by atoms with Crippen molar-refractivity contribution in [2.24, 2.45) is 0 Å². The maximum Gasteiger partial charge on any atom is 0.248 e. The van der Waals surface area contributed by atoms with E-state index < -0.39 is 8.32 Å². The molecule has 0 N–H and O–H groups in total. The summed E-state index contributed by atoms with van der Waals surface area (Å²) >= 11 is 0. The summed E-state index contributed by atoms with van der Waals surface area (Å²) < 4.78 is 5.61. The van der Waals surface area contributed by atoms with Crippen LogP contribution in [0.1, 0.15) is 13.8 Å². The van der Waals surface area contributed by atoms with Gasteiger partial charge in [0.2, 0.25) is 5.54 Å². The van der Waals surface area contributed by atoms with Crippen LogP contribution in [0.15, 0.2) is 0 Å². The molecule has 0 amide bonds. The SMILES string of the molecule is [C-]#[N+]C(C)(C)CO[Si](C)(C)C. The van der Waals surface area contributed by atoms with E-state index in [4.69, 9.17) is 11.0 Å². The summed E-state index contributed by atoms with van der Waals surface area (Å²) in [4.78, 5) is 3.47. The highest BCUT2D eigenvalue weighted by Crippen LogP contribution is 2.12. The zero-order valence-corrected chi connectivity index (χ0v) is 9.06. The van der Waals surface area contributed by atoms with Crippen LogP contribution >= 0.6 is 0 Å². The summed E-state index contributed by atoms with van der Waals surface area (Å²) in [6.45, 7) is 17.6. The second-order valence-electron chi connectivity index (χ2n) is 4.33. The molecule has 0 unspecified atom stereocenters. The maximum absolute atomic E-state index is 6.87. The van der Waals surface area contributed by atoms with Gasteiger partial charge < -0.3 is 9.27 Å². The molecule has 0 bridgehead atoms. The van der Waals surface area contributed by atoms with Gasteiger partial charge in [-0.2, -0.15) is 0 Å². The summed E-state index contributed by atoms with van der Waals surface area (Å²) in [7, 11) is -1.43. The van der Waals surface area contributed by atoms with Crippen molar-refractivity contribution in [3.8, 4) is 0 Å². The van der Waals surface area contributed by atoms with E-state index in [1.807, 2.05) is 13.8 Å². The lowest BCUT2D eigenvalue weighted by Gasteiger charge is -2.20. The van der Waals surface area contributed by atoms with E-state index in [1.165, 1.54) is 0 Å². The highest BCUT2D eigenvalue weighted by molar-refractivity contribution is 6.69. The quantitative estimate of drug-likeness (QED) is 0.470. The largest absolute Gasteiger partial charge is 0.409 e. The lowest BCUT2D eigenvalue weighted by atomic mass is 10.1. The number of hydrogen-bond donors (Lipinski definition) is 0. The van der Waals surface area contributed by atoms with E-state index in [2.05, 4.69) is 24.5 Å². The van der Waals surface area contributed by atoms with Gasteiger partial charge in [-0.25, -0.2) is 6.57 Å². The molecule has 0 aliphatic rings.